The maximum atomic E-state index is 13.9. The van der Waals surface area contributed by atoms with Crippen molar-refractivity contribution in [2.45, 2.75) is 103 Å². The van der Waals surface area contributed by atoms with Crippen LogP contribution < -0.4 is 31.1 Å². The minimum atomic E-state index is -0.987. The van der Waals surface area contributed by atoms with Crippen molar-refractivity contribution in [3.05, 3.63) is 88.6 Å². The number of rotatable bonds is 9. The van der Waals surface area contributed by atoms with Crippen molar-refractivity contribution in [3.8, 4) is 0 Å². The molecule has 11 rings (SSSR count). The molecule has 3 atom stereocenters. The number of carbonyl (C=O) groups excluding carboxylic acids is 6. The van der Waals surface area contributed by atoms with E-state index in [9.17, 15) is 28.8 Å². The number of fused-ring (bicyclic) bond motifs is 4. The second kappa shape index (κ2) is 17.3. The van der Waals surface area contributed by atoms with Gasteiger partial charge in [-0.1, -0.05) is 13.8 Å². The Bertz CT molecular complexity index is 2780. The fraction of sp³-hybridized carbons (Fsp3) is 0.490. The highest BCUT2D eigenvalue weighted by Gasteiger charge is 2.45. The van der Waals surface area contributed by atoms with Crippen LogP contribution in [-0.2, 0) is 29.0 Å². The van der Waals surface area contributed by atoms with Crippen LogP contribution in [0.4, 0.5) is 28.6 Å². The molecule has 0 bridgehead atoms. The zero-order chi connectivity index (χ0) is 47.9. The van der Waals surface area contributed by atoms with Crippen LogP contribution in [0, 0.1) is 5.41 Å². The van der Waals surface area contributed by atoms with Crippen LogP contribution in [0.5, 0.6) is 0 Å². The van der Waals surface area contributed by atoms with Crippen molar-refractivity contribution in [1.29, 1.82) is 0 Å². The van der Waals surface area contributed by atoms with Crippen LogP contribution in [0.15, 0.2) is 54.9 Å². The number of primary amides is 1. The Kier molecular flexibility index (Phi) is 11.2. The van der Waals surface area contributed by atoms with Gasteiger partial charge in [-0.15, -0.1) is 0 Å². The van der Waals surface area contributed by atoms with Gasteiger partial charge >= 0.3 is 0 Å². The second-order valence-corrected chi connectivity index (χ2v) is 20.8. The quantitative estimate of drug-likeness (QED) is 0.204. The number of nitrogens with zero attached hydrogens (tertiary/aromatic N) is 9. The number of aromatic nitrogens is 3. The molecular weight excluding hydrogens is 877 g/mol. The second-order valence-electron chi connectivity index (χ2n) is 20.8. The highest BCUT2D eigenvalue weighted by molar-refractivity contribution is 6.23. The molecule has 0 saturated carbocycles. The van der Waals surface area contributed by atoms with Crippen LogP contribution >= 0.6 is 0 Å². The fourth-order valence-electron chi connectivity index (χ4n) is 12.3. The Labute approximate surface area is 401 Å². The summed E-state index contributed by atoms with van der Waals surface area (Å²) in [6, 6.07) is 13.1. The third-order valence-electron chi connectivity index (χ3n) is 15.7. The summed E-state index contributed by atoms with van der Waals surface area (Å²) in [7, 11) is 0. The summed E-state index contributed by atoms with van der Waals surface area (Å²) < 4.78 is 2.27. The summed E-state index contributed by atoms with van der Waals surface area (Å²) in [6.45, 7) is 14.1. The number of nitrogens with two attached hydrogens (primary N) is 1. The minimum Gasteiger partial charge on any atom is -0.371 e. The standard InChI is InChI=1S/C51H60N12O6/c1-30-28-59(32-12-15-57(16-13-32)33-6-8-37-38(22-33)49(68)63(48(37)67)40-9-11-44(64)56-47(40)66)17-18-60(30)34-7-10-43(53-26-34)55-39-23-36(27-54-45(39)46(52)65)58-14-4-5-35(29-58)61-19-20-62-41(50(61)69)21-31-24-51(2,3)25-42(31)62/h6-8,10,21-23,26-27,30,32,35,40H,4-5,9,11-20,24-25,28-29H2,1-3H3,(H2,52,65)(H,53,55)(H,56,64,66)/t30-,35+,40?/m0/s1. The Hall–Kier alpha value is -6.82. The number of anilines is 5. The molecule has 6 aliphatic heterocycles. The molecule has 0 spiro atoms. The summed E-state index contributed by atoms with van der Waals surface area (Å²) in [6.07, 6.45) is 9.56. The van der Waals surface area contributed by atoms with Crippen molar-refractivity contribution in [1.82, 2.24) is 34.6 Å². The molecule has 1 aliphatic carbocycles. The number of piperazine rings is 1. The molecule has 4 aromatic rings. The molecule has 1 aromatic carbocycles. The van der Waals surface area contributed by atoms with Crippen molar-refractivity contribution in [3.63, 3.8) is 0 Å². The van der Waals surface area contributed by atoms with Gasteiger partial charge in [0.25, 0.3) is 23.6 Å². The first-order valence-electron chi connectivity index (χ1n) is 24.6. The highest BCUT2D eigenvalue weighted by atomic mass is 16.2. The van der Waals surface area contributed by atoms with E-state index in [-0.39, 0.29) is 47.5 Å². The number of pyridine rings is 2. The van der Waals surface area contributed by atoms with E-state index in [0.29, 0.717) is 36.2 Å². The normalized spacial score (nSPS) is 24.1. The number of hydrogen-bond acceptors (Lipinski definition) is 13. The molecule has 4 saturated heterocycles. The Morgan fingerprint density at radius 3 is 2.26 bits per heavy atom. The number of hydrogen-bond donors (Lipinski definition) is 3. The van der Waals surface area contributed by atoms with Gasteiger partial charge in [0, 0.05) is 94.8 Å². The molecule has 360 valence electrons. The predicted octanol–water partition coefficient (Wildman–Crippen LogP) is 3.95. The molecule has 1 unspecified atom stereocenters. The maximum Gasteiger partial charge on any atom is 0.270 e. The molecular formula is C51H60N12O6. The highest BCUT2D eigenvalue weighted by Crippen LogP contribution is 2.40. The lowest BCUT2D eigenvalue weighted by molar-refractivity contribution is -0.136. The molecule has 18 heteroatoms. The van der Waals surface area contributed by atoms with Crippen LogP contribution in [0.25, 0.3) is 0 Å². The summed E-state index contributed by atoms with van der Waals surface area (Å²) >= 11 is 0. The van der Waals surface area contributed by atoms with E-state index in [4.69, 9.17) is 10.7 Å². The predicted molar refractivity (Wildman–Crippen MR) is 259 cm³/mol. The van der Waals surface area contributed by atoms with Crippen molar-refractivity contribution >= 4 is 64.0 Å². The van der Waals surface area contributed by atoms with Gasteiger partial charge in [-0.2, -0.15) is 0 Å². The lowest BCUT2D eigenvalue weighted by Crippen LogP contribution is -2.57. The molecule has 69 heavy (non-hydrogen) atoms. The molecule has 3 aromatic heterocycles. The zero-order valence-electron chi connectivity index (χ0n) is 39.6. The number of carbonyl (C=O) groups is 6. The average Bonchev–Trinajstić information content (AvgIpc) is 3.93. The SMILES string of the molecule is C[C@H]1CN(C2CCN(c3ccc4c(c3)C(=O)N(C3CCC(=O)NC3=O)C4=O)CC2)CCN1c1ccc(Nc2cc(N3CCC[C@@H](N4CCn5c(cc6c5CC(C)(C)C6)C4=O)C3)cnc2C(N)=O)nc1. The van der Waals surface area contributed by atoms with Gasteiger partial charge in [-0.3, -0.25) is 43.9 Å². The third kappa shape index (κ3) is 8.15. The van der Waals surface area contributed by atoms with Gasteiger partial charge in [0.2, 0.25) is 11.8 Å². The smallest absolute Gasteiger partial charge is 0.270 e. The van der Waals surface area contributed by atoms with Gasteiger partial charge in [-0.25, -0.2) is 9.97 Å². The van der Waals surface area contributed by atoms with Crippen molar-refractivity contribution < 1.29 is 28.8 Å². The molecule has 9 heterocycles. The molecule has 18 nitrogen and oxygen atoms in total. The topological polar surface area (TPSA) is 203 Å². The van der Waals surface area contributed by atoms with E-state index in [2.05, 4.69) is 77.6 Å². The van der Waals surface area contributed by atoms with E-state index in [1.165, 1.54) is 11.3 Å². The number of piperidine rings is 3. The van der Waals surface area contributed by atoms with E-state index in [1.807, 2.05) is 24.4 Å². The van der Waals surface area contributed by atoms with Gasteiger partial charge in [0.1, 0.15) is 17.6 Å². The number of benzene rings is 1. The molecule has 6 amide bonds. The van der Waals surface area contributed by atoms with E-state index in [0.717, 1.165) is 112 Å². The van der Waals surface area contributed by atoms with Gasteiger partial charge in [0.15, 0.2) is 5.69 Å². The number of imide groups is 2. The third-order valence-corrected chi connectivity index (χ3v) is 15.7. The monoisotopic (exact) mass is 936 g/mol. The van der Waals surface area contributed by atoms with Gasteiger partial charge < -0.3 is 35.2 Å². The lowest BCUT2D eigenvalue weighted by Gasteiger charge is -2.46. The van der Waals surface area contributed by atoms with E-state index < -0.39 is 35.6 Å². The number of nitrogens with one attached hydrogen (secondary N) is 2. The Morgan fingerprint density at radius 1 is 0.739 bits per heavy atom. The lowest BCUT2D eigenvalue weighted by atomic mass is 9.90. The largest absolute Gasteiger partial charge is 0.371 e. The maximum absolute atomic E-state index is 13.9. The first-order chi connectivity index (χ1) is 33.2. The van der Waals surface area contributed by atoms with Crippen LogP contribution in [-0.4, -0.2) is 141 Å². The fourth-order valence-corrected chi connectivity index (χ4v) is 12.3. The summed E-state index contributed by atoms with van der Waals surface area (Å²) in [5, 5.41) is 5.59. The van der Waals surface area contributed by atoms with Crippen molar-refractivity contribution in [2.24, 2.45) is 11.1 Å². The van der Waals surface area contributed by atoms with Gasteiger partial charge in [0.05, 0.1) is 40.6 Å². The summed E-state index contributed by atoms with van der Waals surface area (Å²) in [5.41, 5.74) is 13.5. The first kappa shape index (κ1) is 44.7. The summed E-state index contributed by atoms with van der Waals surface area (Å²) in [5.74, 6) is -1.95. The van der Waals surface area contributed by atoms with E-state index >= 15 is 0 Å². The molecule has 4 fully saturated rings. The van der Waals surface area contributed by atoms with Crippen LogP contribution in [0.2, 0.25) is 0 Å². The van der Waals surface area contributed by atoms with Crippen molar-refractivity contribution in [2.75, 3.05) is 72.4 Å². The molecule has 0 radical (unpaired) electrons. The minimum absolute atomic E-state index is 0.0640. The average molecular weight is 937 g/mol. The Morgan fingerprint density at radius 2 is 1.51 bits per heavy atom. The molecule has 7 aliphatic rings. The number of amides is 6. The zero-order valence-corrected chi connectivity index (χ0v) is 39.6. The van der Waals surface area contributed by atoms with Crippen LogP contribution in [0.3, 0.4) is 0 Å². The Balaban J connectivity index is 0.691. The molecule has 4 N–H and O–H groups in total. The van der Waals surface area contributed by atoms with Crippen LogP contribution in [0.1, 0.15) is 112 Å². The summed E-state index contributed by atoms with van der Waals surface area (Å²) in [4.78, 5) is 99.3. The first-order valence-corrected chi connectivity index (χ1v) is 24.6. The van der Waals surface area contributed by atoms with Gasteiger partial charge in [-0.05, 0) is 105 Å². The van der Waals surface area contributed by atoms with E-state index in [1.54, 1.807) is 18.3 Å².